The van der Waals surface area contributed by atoms with E-state index in [1.54, 1.807) is 0 Å². The van der Waals surface area contributed by atoms with E-state index >= 15 is 0 Å². The largest absolute Gasteiger partial charge is 0.444 e. The van der Waals surface area contributed by atoms with Crippen LogP contribution in [0.2, 0.25) is 0 Å². The van der Waals surface area contributed by atoms with Crippen LogP contribution in [0.15, 0.2) is 12.2 Å². The molecule has 2 atom stereocenters. The van der Waals surface area contributed by atoms with E-state index in [1.165, 1.54) is 0 Å². The molecule has 92 valence electrons. The number of hydrogen-bond acceptors (Lipinski definition) is 3. The van der Waals surface area contributed by atoms with Crippen LogP contribution in [-0.4, -0.2) is 29.4 Å². The number of allylic oxidation sites excluding steroid dienone is 1. The summed E-state index contributed by atoms with van der Waals surface area (Å²) in [5.74, 6) is 0.366. The molecule has 0 aliphatic heterocycles. The van der Waals surface area contributed by atoms with Crippen molar-refractivity contribution in [3.05, 3.63) is 12.2 Å². The van der Waals surface area contributed by atoms with Crippen LogP contribution in [0.5, 0.6) is 0 Å². The molecule has 0 fully saturated rings. The Morgan fingerprint density at radius 3 is 2.75 bits per heavy atom. The van der Waals surface area contributed by atoms with E-state index in [0.29, 0.717) is 5.92 Å². The van der Waals surface area contributed by atoms with Crippen LogP contribution in [0, 0.1) is 5.92 Å². The molecule has 4 heteroatoms. The molecule has 4 nitrogen and oxygen atoms in total. The number of aliphatic hydroxyl groups excluding tert-OH is 1. The Labute approximate surface area is 96.7 Å². The number of aliphatic hydroxyl groups is 1. The van der Waals surface area contributed by atoms with Gasteiger partial charge in [0.25, 0.3) is 0 Å². The van der Waals surface area contributed by atoms with Gasteiger partial charge in [0.2, 0.25) is 0 Å². The summed E-state index contributed by atoms with van der Waals surface area (Å²) in [6, 6.07) is 0.0337. The third-order valence-corrected chi connectivity index (χ3v) is 2.37. The average Bonchev–Trinajstić information content (AvgIpc) is 2.49. The van der Waals surface area contributed by atoms with Gasteiger partial charge < -0.3 is 15.2 Å². The van der Waals surface area contributed by atoms with Crippen LogP contribution in [0.4, 0.5) is 4.79 Å². The second kappa shape index (κ2) is 5.34. The summed E-state index contributed by atoms with van der Waals surface area (Å²) in [4.78, 5) is 11.5. The molecular weight excluding hydrogens is 206 g/mol. The van der Waals surface area contributed by atoms with E-state index < -0.39 is 5.60 Å². The van der Waals surface area contributed by atoms with Gasteiger partial charge in [-0.2, -0.15) is 0 Å². The van der Waals surface area contributed by atoms with Gasteiger partial charge in [0, 0.05) is 6.61 Å². The molecule has 1 aliphatic rings. The lowest BCUT2D eigenvalue weighted by Gasteiger charge is -2.21. The lowest BCUT2D eigenvalue weighted by molar-refractivity contribution is 0.0512. The van der Waals surface area contributed by atoms with Gasteiger partial charge in [-0.1, -0.05) is 12.2 Å². The molecule has 0 spiro atoms. The Hall–Kier alpha value is -1.03. The standard InChI is InChI=1S/C12H21NO3/c1-12(2,3)16-11(15)13-10-5-4-9(8-10)6-7-14/h4-5,9-10,14H,6-8H2,1-3H3,(H,13,15)/t9-,10-/m0/s1. The molecule has 0 bridgehead atoms. The van der Waals surface area contributed by atoms with Gasteiger partial charge in [-0.05, 0) is 39.5 Å². The van der Waals surface area contributed by atoms with Crippen molar-refractivity contribution in [2.45, 2.75) is 45.3 Å². The number of carbonyl (C=O) groups excluding carboxylic acids is 1. The third kappa shape index (κ3) is 4.66. The monoisotopic (exact) mass is 227 g/mol. The number of nitrogens with one attached hydrogen (secondary N) is 1. The topological polar surface area (TPSA) is 58.6 Å². The maximum atomic E-state index is 11.5. The zero-order valence-corrected chi connectivity index (χ0v) is 10.2. The molecule has 1 amide bonds. The number of amides is 1. The van der Waals surface area contributed by atoms with Crippen molar-refractivity contribution in [1.82, 2.24) is 5.32 Å². The Balaban J connectivity index is 2.30. The van der Waals surface area contributed by atoms with Gasteiger partial charge in [0.05, 0.1) is 6.04 Å². The molecule has 0 saturated carbocycles. The Kier molecular flexibility index (Phi) is 4.35. The maximum Gasteiger partial charge on any atom is 0.408 e. The van der Waals surface area contributed by atoms with Crippen molar-refractivity contribution in [3.63, 3.8) is 0 Å². The summed E-state index contributed by atoms with van der Waals surface area (Å²) < 4.78 is 5.16. The van der Waals surface area contributed by atoms with Gasteiger partial charge in [0.1, 0.15) is 5.60 Å². The van der Waals surface area contributed by atoms with Gasteiger partial charge in [-0.25, -0.2) is 4.79 Å². The first-order valence-electron chi connectivity index (χ1n) is 5.69. The highest BCUT2D eigenvalue weighted by molar-refractivity contribution is 5.68. The number of carbonyl (C=O) groups is 1. The smallest absolute Gasteiger partial charge is 0.408 e. The van der Waals surface area contributed by atoms with E-state index in [0.717, 1.165) is 12.8 Å². The molecule has 1 aliphatic carbocycles. The summed E-state index contributed by atoms with van der Waals surface area (Å²) in [5, 5.41) is 11.6. The van der Waals surface area contributed by atoms with Crippen LogP contribution in [0.3, 0.4) is 0 Å². The minimum Gasteiger partial charge on any atom is -0.444 e. The molecule has 0 aromatic rings. The van der Waals surface area contributed by atoms with Crippen LogP contribution in [0.25, 0.3) is 0 Å². The van der Waals surface area contributed by atoms with Gasteiger partial charge in [-0.15, -0.1) is 0 Å². The predicted molar refractivity (Wildman–Crippen MR) is 62.1 cm³/mol. The fourth-order valence-electron chi connectivity index (χ4n) is 1.72. The fraction of sp³-hybridized carbons (Fsp3) is 0.750. The number of hydrogen-bond donors (Lipinski definition) is 2. The van der Waals surface area contributed by atoms with E-state index in [2.05, 4.69) is 5.32 Å². The molecule has 0 unspecified atom stereocenters. The lowest BCUT2D eigenvalue weighted by Crippen LogP contribution is -2.37. The zero-order chi connectivity index (χ0) is 12.2. The zero-order valence-electron chi connectivity index (χ0n) is 10.2. The normalized spacial score (nSPS) is 24.5. The molecule has 1 rings (SSSR count). The summed E-state index contributed by atoms with van der Waals surface area (Å²) in [5.41, 5.74) is -0.461. The van der Waals surface area contributed by atoms with Crippen molar-refractivity contribution in [1.29, 1.82) is 0 Å². The Morgan fingerprint density at radius 2 is 2.19 bits per heavy atom. The van der Waals surface area contributed by atoms with Crippen molar-refractivity contribution in [2.75, 3.05) is 6.61 Å². The van der Waals surface area contributed by atoms with Crippen molar-refractivity contribution < 1.29 is 14.6 Å². The van der Waals surface area contributed by atoms with Crippen molar-refractivity contribution in [2.24, 2.45) is 5.92 Å². The first kappa shape index (κ1) is 13.0. The molecule has 16 heavy (non-hydrogen) atoms. The first-order chi connectivity index (χ1) is 7.40. The predicted octanol–water partition coefficient (Wildman–Crippen LogP) is 1.84. The first-order valence-corrected chi connectivity index (χ1v) is 5.69. The highest BCUT2D eigenvalue weighted by Gasteiger charge is 2.22. The van der Waals surface area contributed by atoms with Crippen LogP contribution in [-0.2, 0) is 4.74 Å². The van der Waals surface area contributed by atoms with Gasteiger partial charge in [0.15, 0.2) is 0 Å². The van der Waals surface area contributed by atoms with Crippen molar-refractivity contribution in [3.8, 4) is 0 Å². The minimum absolute atomic E-state index is 0.0337. The number of alkyl carbamates (subject to hydrolysis) is 1. The van der Waals surface area contributed by atoms with Crippen LogP contribution < -0.4 is 5.32 Å². The van der Waals surface area contributed by atoms with Gasteiger partial charge in [-0.3, -0.25) is 0 Å². The Bertz CT molecular complexity index is 268. The molecule has 2 N–H and O–H groups in total. The molecule has 0 radical (unpaired) electrons. The SMILES string of the molecule is CC(C)(C)OC(=O)N[C@H]1C=C[C@@H](CCO)C1. The van der Waals surface area contributed by atoms with Crippen molar-refractivity contribution >= 4 is 6.09 Å². The summed E-state index contributed by atoms with van der Waals surface area (Å²) in [6.45, 7) is 5.71. The molecule has 0 aromatic heterocycles. The summed E-state index contributed by atoms with van der Waals surface area (Å²) in [7, 11) is 0. The second-order valence-corrected chi connectivity index (χ2v) is 5.15. The fourth-order valence-corrected chi connectivity index (χ4v) is 1.72. The Morgan fingerprint density at radius 1 is 1.50 bits per heavy atom. The molecule has 0 heterocycles. The van der Waals surface area contributed by atoms with E-state index in [4.69, 9.17) is 9.84 Å². The van der Waals surface area contributed by atoms with E-state index in [1.807, 2.05) is 32.9 Å². The minimum atomic E-state index is -0.461. The lowest BCUT2D eigenvalue weighted by atomic mass is 10.0. The molecule has 0 saturated heterocycles. The van der Waals surface area contributed by atoms with Crippen LogP contribution >= 0.6 is 0 Å². The van der Waals surface area contributed by atoms with Gasteiger partial charge >= 0.3 is 6.09 Å². The second-order valence-electron chi connectivity index (χ2n) is 5.15. The number of rotatable bonds is 3. The average molecular weight is 227 g/mol. The number of ether oxygens (including phenoxy) is 1. The summed E-state index contributed by atoms with van der Waals surface area (Å²) >= 11 is 0. The van der Waals surface area contributed by atoms with E-state index in [-0.39, 0.29) is 18.7 Å². The maximum absolute atomic E-state index is 11.5. The quantitative estimate of drug-likeness (QED) is 0.723. The molecular formula is C12H21NO3. The highest BCUT2D eigenvalue weighted by atomic mass is 16.6. The highest BCUT2D eigenvalue weighted by Crippen LogP contribution is 2.21. The summed E-state index contributed by atoms with van der Waals surface area (Å²) in [6.07, 6.45) is 5.22. The third-order valence-electron chi connectivity index (χ3n) is 2.37. The molecule has 0 aromatic carbocycles. The van der Waals surface area contributed by atoms with E-state index in [9.17, 15) is 4.79 Å². The van der Waals surface area contributed by atoms with Crippen LogP contribution in [0.1, 0.15) is 33.6 Å².